The fraction of sp³-hybridized carbons (Fsp3) is 0.585. The Labute approximate surface area is 361 Å². The van der Waals surface area contributed by atoms with Gasteiger partial charge in [0.15, 0.2) is 0 Å². The number of carboxylic acid groups (broad SMARTS) is 1. The quantitative estimate of drug-likeness (QED) is 0.240. The van der Waals surface area contributed by atoms with Crippen molar-refractivity contribution in [3.63, 3.8) is 0 Å². The number of carbonyl (C=O) groups excluding carboxylic acids is 4. The summed E-state index contributed by atoms with van der Waals surface area (Å²) in [7, 11) is 12.0. The standard InChI is InChI=1S/C20H30N4O2.C19H26N2O3.C2F3I2O2/c1-22(2)17(25)14-24-18(26)21-15-19(24)10-12-20(13-11-19,23(3)4)16-8-6-5-7-9-16;1-21(2)19(14-6-4-3-5-7-14)10-8-18(9-11-19)13-20-17(24)15(18)12-16(22)23;3-2(4,5)1(8)6-7-9/h5-9H,10-15H2,1-4H3,(H,21,26);3-7,15H,8-13H2,1-2H3,(H,20,24)(H,22,23);/q;;-1. The molecule has 2 aliphatic heterocycles. The Bertz CT molecular complexity index is 1800. The van der Waals surface area contributed by atoms with Crippen molar-refractivity contribution in [3.8, 4) is 0 Å². The molecule has 0 aromatic heterocycles. The van der Waals surface area contributed by atoms with Gasteiger partial charge in [0.2, 0.25) is 11.8 Å². The molecule has 2 aromatic rings. The van der Waals surface area contributed by atoms with E-state index >= 15 is 0 Å². The van der Waals surface area contributed by atoms with Gasteiger partial charge in [-0.1, -0.05) is 60.7 Å². The molecule has 2 saturated heterocycles. The molecule has 2 heterocycles. The van der Waals surface area contributed by atoms with E-state index in [1.165, 1.54) is 11.1 Å². The molecule has 59 heavy (non-hydrogen) atoms. The van der Waals surface area contributed by atoms with Gasteiger partial charge in [-0.3, -0.25) is 24.2 Å². The van der Waals surface area contributed by atoms with Crippen LogP contribution in [0.4, 0.5) is 18.0 Å². The zero-order valence-electron chi connectivity index (χ0n) is 34.4. The predicted octanol–water partition coefficient (Wildman–Crippen LogP) is 2.49. The number of benzene rings is 2. The van der Waals surface area contributed by atoms with Gasteiger partial charge >= 0.3 is 77.4 Å². The maximum atomic E-state index is 12.4. The maximum absolute atomic E-state index is 12.4. The van der Waals surface area contributed by atoms with E-state index in [2.05, 4.69) is 97.2 Å². The molecule has 0 bridgehead atoms. The Kier molecular flexibility index (Phi) is 16.5. The number of alkyl halides is 3. The number of carboxylic acids is 1. The van der Waals surface area contributed by atoms with Crippen LogP contribution >= 0.6 is 17.2 Å². The third-order valence-corrected chi connectivity index (χ3v) is 17.7. The summed E-state index contributed by atoms with van der Waals surface area (Å²) in [5.41, 5.74) is 2.12. The first-order valence-corrected chi connectivity index (χ1v) is 27.7. The molecule has 2 saturated carbocycles. The number of carbonyl (C=O) groups is 5. The van der Waals surface area contributed by atoms with E-state index in [4.69, 9.17) is 0 Å². The average Bonchev–Trinajstić information content (AvgIpc) is 3.66. The third kappa shape index (κ3) is 11.0. The van der Waals surface area contributed by atoms with E-state index in [0.717, 1.165) is 51.4 Å². The Morgan fingerprint density at radius 2 is 1.25 bits per heavy atom. The van der Waals surface area contributed by atoms with Crippen LogP contribution in [-0.4, -0.2) is 126 Å². The third-order valence-electron chi connectivity index (χ3n) is 13.0. The van der Waals surface area contributed by atoms with E-state index in [1.807, 2.05) is 12.1 Å². The number of halogens is 5. The molecule has 13 nitrogen and oxygen atoms in total. The molecular formula is C41H56F3I2N6O7-. The summed E-state index contributed by atoms with van der Waals surface area (Å²) in [6.07, 6.45) is 2.51. The van der Waals surface area contributed by atoms with Gasteiger partial charge in [0.25, 0.3) is 0 Å². The fourth-order valence-electron chi connectivity index (χ4n) is 9.25. The Morgan fingerprint density at radius 3 is 1.64 bits per heavy atom. The van der Waals surface area contributed by atoms with Gasteiger partial charge in [0, 0.05) is 43.7 Å². The van der Waals surface area contributed by atoms with Crippen LogP contribution in [0.15, 0.2) is 60.7 Å². The number of nitrogens with zero attached hydrogens (tertiary/aromatic N) is 4. The van der Waals surface area contributed by atoms with Crippen LogP contribution in [0.2, 0.25) is 0 Å². The molecular weight excluding hydrogens is 999 g/mol. The molecule has 4 amide bonds. The fourth-order valence-corrected chi connectivity index (χ4v) is 12.2. The van der Waals surface area contributed by atoms with Gasteiger partial charge in [0.05, 0.1) is 17.9 Å². The van der Waals surface area contributed by atoms with Crippen molar-refractivity contribution in [2.75, 3.05) is 61.9 Å². The molecule has 1 atom stereocenters. The van der Waals surface area contributed by atoms with Crippen LogP contribution in [0.1, 0.15) is 68.9 Å². The minimum absolute atomic E-state index is 0.0185. The van der Waals surface area contributed by atoms with Crippen molar-refractivity contribution in [2.24, 2.45) is 11.3 Å². The number of rotatable bonds is 10. The van der Waals surface area contributed by atoms with Crippen molar-refractivity contribution >= 4 is 44.8 Å². The van der Waals surface area contributed by atoms with Gasteiger partial charge in [0.1, 0.15) is 6.54 Å². The van der Waals surface area contributed by atoms with Crippen LogP contribution in [-0.2, 0) is 33.3 Å². The zero-order chi connectivity index (χ0) is 43.8. The molecule has 1 unspecified atom stereocenters. The minimum atomic E-state index is -4.75. The van der Waals surface area contributed by atoms with Crippen molar-refractivity contribution in [3.05, 3.63) is 71.8 Å². The molecule has 2 aliphatic carbocycles. The van der Waals surface area contributed by atoms with Crippen molar-refractivity contribution in [1.29, 1.82) is 0 Å². The first-order valence-electron chi connectivity index (χ1n) is 19.4. The van der Waals surface area contributed by atoms with Crippen molar-refractivity contribution < 1.29 is 62.5 Å². The first-order chi connectivity index (χ1) is 27.7. The second kappa shape index (κ2) is 20.1. The molecule has 4 fully saturated rings. The summed E-state index contributed by atoms with van der Waals surface area (Å²) in [6.45, 7) is 1.39. The number of amides is 4. The van der Waals surface area contributed by atoms with Gasteiger partial charge in [-0.15, -0.1) is 0 Å². The van der Waals surface area contributed by atoms with E-state index in [-0.39, 0.29) is 52.8 Å². The second-order valence-corrected chi connectivity index (χ2v) is 23.2. The molecule has 4 aliphatic rings. The molecule has 2 spiro atoms. The first kappa shape index (κ1) is 48.4. The summed E-state index contributed by atoms with van der Waals surface area (Å²) >= 11 is -3.44. The summed E-state index contributed by atoms with van der Waals surface area (Å²) in [6, 6.07) is 21.0. The Hall–Kier alpha value is -3.24. The van der Waals surface area contributed by atoms with Crippen LogP contribution in [0.5, 0.6) is 0 Å². The van der Waals surface area contributed by atoms with Crippen LogP contribution < -0.4 is 27.9 Å². The van der Waals surface area contributed by atoms with E-state index in [1.54, 1.807) is 23.9 Å². The normalized spacial score (nSPS) is 27.8. The number of nitrogens with one attached hydrogen (secondary N) is 2. The molecule has 18 heteroatoms. The molecule has 0 radical (unpaired) electrons. The second-order valence-electron chi connectivity index (χ2n) is 16.5. The Morgan fingerprint density at radius 1 is 0.780 bits per heavy atom. The van der Waals surface area contributed by atoms with Crippen LogP contribution in [0, 0.1) is 11.3 Å². The SMILES string of the molecule is CN(C)C(=O)CN1C(=O)NCC12CCC(c1ccccc1)(N(C)C)CC2.CN(C)C1(c2ccccc2)CCC2(CC1)CNC(=O)C2CC(=O)O.O=I[I-]C(=O)C(F)(F)F. The summed E-state index contributed by atoms with van der Waals surface area (Å²) < 4.78 is 41.4. The summed E-state index contributed by atoms with van der Waals surface area (Å²) in [4.78, 5) is 65.7. The monoisotopic (exact) mass is 1060 g/mol. The van der Waals surface area contributed by atoms with Gasteiger partial charge < -0.3 is 25.5 Å². The Balaban J connectivity index is 0.000000217. The molecule has 2 aromatic carbocycles. The summed E-state index contributed by atoms with van der Waals surface area (Å²) in [5.74, 6) is -1.40. The average molecular weight is 1060 g/mol. The topological polar surface area (TPSA) is 160 Å². The van der Waals surface area contributed by atoms with Gasteiger partial charge in [-0.25, -0.2) is 4.79 Å². The van der Waals surface area contributed by atoms with Gasteiger partial charge in [-0.2, -0.15) is 0 Å². The van der Waals surface area contributed by atoms with E-state index in [9.17, 15) is 45.3 Å². The number of urea groups is 1. The molecule has 3 N–H and O–H groups in total. The van der Waals surface area contributed by atoms with Crippen molar-refractivity contribution in [1.82, 2.24) is 30.2 Å². The number of aliphatic carboxylic acids is 1. The van der Waals surface area contributed by atoms with Crippen LogP contribution in [0.3, 0.4) is 0 Å². The van der Waals surface area contributed by atoms with Crippen molar-refractivity contribution in [2.45, 2.75) is 80.6 Å². The number of hydrogen-bond donors (Lipinski definition) is 3. The van der Waals surface area contributed by atoms with E-state index in [0.29, 0.717) is 13.1 Å². The number of hydrogen-bond acceptors (Lipinski definition) is 8. The van der Waals surface area contributed by atoms with Gasteiger partial charge in [-0.05, 0) is 90.7 Å². The summed E-state index contributed by atoms with van der Waals surface area (Å²) in [5, 5.41) is 15.1. The molecule has 328 valence electrons. The molecule has 6 rings (SSSR count). The predicted molar refractivity (Wildman–Crippen MR) is 219 cm³/mol. The van der Waals surface area contributed by atoms with Crippen LogP contribution in [0.25, 0.3) is 0 Å². The van der Waals surface area contributed by atoms with E-state index < -0.39 is 56.3 Å². The number of likely N-dealkylation sites (N-methyl/N-ethyl adjacent to an activating group) is 1. The zero-order valence-corrected chi connectivity index (χ0v) is 38.7.